The van der Waals surface area contributed by atoms with Crippen molar-refractivity contribution in [2.24, 2.45) is 4.99 Å². The van der Waals surface area contributed by atoms with Gasteiger partial charge in [-0.05, 0) is 30.2 Å². The van der Waals surface area contributed by atoms with Gasteiger partial charge in [-0.15, -0.1) is 0 Å². The molecule has 0 amide bonds. The van der Waals surface area contributed by atoms with Crippen LogP contribution in [-0.2, 0) is 6.54 Å². The molecule has 2 N–H and O–H groups in total. The number of rotatable bonds is 7. The summed E-state index contributed by atoms with van der Waals surface area (Å²) >= 11 is 0. The second-order valence-electron chi connectivity index (χ2n) is 6.26. The van der Waals surface area contributed by atoms with Crippen LogP contribution in [-0.4, -0.2) is 33.8 Å². The highest BCUT2D eigenvalue weighted by molar-refractivity contribution is 5.79. The lowest BCUT2D eigenvalue weighted by atomic mass is 10.0. The van der Waals surface area contributed by atoms with Crippen LogP contribution in [0, 0.1) is 6.92 Å². The van der Waals surface area contributed by atoms with Crippen molar-refractivity contribution in [1.29, 1.82) is 0 Å². The van der Waals surface area contributed by atoms with Gasteiger partial charge in [-0.1, -0.05) is 37.3 Å². The number of guanidine groups is 1. The Kier molecular flexibility index (Phi) is 7.33. The summed E-state index contributed by atoms with van der Waals surface area (Å²) in [6, 6.07) is 14.3. The lowest BCUT2D eigenvalue weighted by Crippen LogP contribution is -2.38. The maximum absolute atomic E-state index is 5.46. The number of aliphatic imine (C=N–C) groups is 1. The Labute approximate surface area is 156 Å². The van der Waals surface area contributed by atoms with Crippen molar-refractivity contribution in [3.05, 3.63) is 59.2 Å². The van der Waals surface area contributed by atoms with Gasteiger partial charge in [0.25, 0.3) is 0 Å². The van der Waals surface area contributed by atoms with Gasteiger partial charge in [0.15, 0.2) is 5.96 Å². The molecule has 0 radical (unpaired) electrons. The Hall–Kier alpha value is -2.69. The van der Waals surface area contributed by atoms with E-state index in [-0.39, 0.29) is 0 Å². The number of para-hydroxylation sites is 1. The van der Waals surface area contributed by atoms with E-state index in [9.17, 15) is 0 Å². The molecule has 2 aromatic carbocycles. The Morgan fingerprint density at radius 3 is 2.46 bits per heavy atom. The molecular formula is C21H29N3O2. The van der Waals surface area contributed by atoms with E-state index in [0.717, 1.165) is 29.6 Å². The predicted molar refractivity (Wildman–Crippen MR) is 107 cm³/mol. The summed E-state index contributed by atoms with van der Waals surface area (Å²) in [5.41, 5.74) is 3.45. The van der Waals surface area contributed by atoms with E-state index in [1.165, 1.54) is 11.1 Å². The van der Waals surface area contributed by atoms with E-state index in [4.69, 9.17) is 9.47 Å². The van der Waals surface area contributed by atoms with Gasteiger partial charge in [0.2, 0.25) is 0 Å². The molecular weight excluding hydrogens is 326 g/mol. The van der Waals surface area contributed by atoms with Gasteiger partial charge in [-0.2, -0.15) is 0 Å². The number of hydrogen-bond donors (Lipinski definition) is 2. The number of hydrogen-bond acceptors (Lipinski definition) is 3. The maximum atomic E-state index is 5.46. The molecule has 2 aromatic rings. The van der Waals surface area contributed by atoms with Gasteiger partial charge in [-0.3, -0.25) is 4.99 Å². The lowest BCUT2D eigenvalue weighted by Gasteiger charge is -2.19. The Balaban J connectivity index is 1.94. The Morgan fingerprint density at radius 2 is 1.77 bits per heavy atom. The fourth-order valence-corrected chi connectivity index (χ4v) is 2.83. The van der Waals surface area contributed by atoms with Crippen molar-refractivity contribution >= 4 is 5.96 Å². The third kappa shape index (κ3) is 5.15. The molecule has 0 aliphatic rings. The van der Waals surface area contributed by atoms with Crippen molar-refractivity contribution in [3.8, 4) is 11.5 Å². The van der Waals surface area contributed by atoms with Gasteiger partial charge >= 0.3 is 0 Å². The van der Waals surface area contributed by atoms with Gasteiger partial charge in [0.1, 0.15) is 11.5 Å². The highest BCUT2D eigenvalue weighted by atomic mass is 16.5. The molecule has 1 unspecified atom stereocenters. The van der Waals surface area contributed by atoms with E-state index >= 15 is 0 Å². The number of nitrogens with one attached hydrogen (secondary N) is 2. The third-order valence-electron chi connectivity index (χ3n) is 4.36. The molecule has 0 heterocycles. The molecule has 0 fully saturated rings. The topological polar surface area (TPSA) is 54.9 Å². The molecule has 0 spiro atoms. The fourth-order valence-electron chi connectivity index (χ4n) is 2.83. The third-order valence-corrected chi connectivity index (χ3v) is 4.36. The van der Waals surface area contributed by atoms with Gasteiger partial charge in [0.05, 0.1) is 14.2 Å². The second kappa shape index (κ2) is 9.70. The molecule has 140 valence electrons. The van der Waals surface area contributed by atoms with Gasteiger partial charge in [0, 0.05) is 31.6 Å². The van der Waals surface area contributed by atoms with Crippen molar-refractivity contribution in [2.75, 3.05) is 27.8 Å². The quantitative estimate of drug-likeness (QED) is 0.590. The minimum atomic E-state index is 0.290. The SMILES string of the molecule is CN=C(NCc1ccc(C)cc1OC)NCC(C)c1ccccc1OC. The highest BCUT2D eigenvalue weighted by Gasteiger charge is 2.12. The average molecular weight is 355 g/mol. The van der Waals surface area contributed by atoms with Crippen LogP contribution < -0.4 is 20.1 Å². The Bertz CT molecular complexity index is 744. The zero-order valence-electron chi connectivity index (χ0n) is 16.3. The smallest absolute Gasteiger partial charge is 0.191 e. The number of aryl methyl sites for hydroxylation is 1. The van der Waals surface area contributed by atoms with Crippen molar-refractivity contribution in [1.82, 2.24) is 10.6 Å². The van der Waals surface area contributed by atoms with Crippen LogP contribution in [0.25, 0.3) is 0 Å². The lowest BCUT2D eigenvalue weighted by molar-refractivity contribution is 0.406. The summed E-state index contributed by atoms with van der Waals surface area (Å²) in [7, 11) is 5.17. The minimum Gasteiger partial charge on any atom is -0.496 e. The second-order valence-corrected chi connectivity index (χ2v) is 6.26. The molecule has 0 saturated carbocycles. The largest absolute Gasteiger partial charge is 0.496 e. The average Bonchev–Trinajstić information content (AvgIpc) is 2.68. The molecule has 0 saturated heterocycles. The number of methoxy groups -OCH3 is 2. The monoisotopic (exact) mass is 355 g/mol. The van der Waals surface area contributed by atoms with Crippen LogP contribution in [0.4, 0.5) is 0 Å². The first-order valence-corrected chi connectivity index (χ1v) is 8.80. The predicted octanol–water partition coefficient (Wildman–Crippen LogP) is 3.48. The van der Waals surface area contributed by atoms with Crippen molar-refractivity contribution < 1.29 is 9.47 Å². The standard InChI is InChI=1S/C21H29N3O2/c1-15-10-11-17(20(12-15)26-5)14-24-21(22-3)23-13-16(2)18-8-6-7-9-19(18)25-4/h6-12,16H,13-14H2,1-5H3,(H2,22,23,24). The van der Waals surface area contributed by atoms with E-state index in [0.29, 0.717) is 12.5 Å². The summed E-state index contributed by atoms with van der Waals surface area (Å²) < 4.78 is 10.9. The van der Waals surface area contributed by atoms with E-state index in [2.05, 4.69) is 47.7 Å². The normalized spacial score (nSPS) is 12.4. The van der Waals surface area contributed by atoms with Crippen molar-refractivity contribution in [2.45, 2.75) is 26.3 Å². The summed E-state index contributed by atoms with van der Waals surface area (Å²) in [5.74, 6) is 2.84. The molecule has 5 nitrogen and oxygen atoms in total. The summed E-state index contributed by atoms with van der Waals surface area (Å²) in [4.78, 5) is 4.31. The number of ether oxygens (including phenoxy) is 2. The van der Waals surface area contributed by atoms with Crippen LogP contribution in [0.1, 0.15) is 29.5 Å². The minimum absolute atomic E-state index is 0.290. The number of nitrogens with zero attached hydrogens (tertiary/aromatic N) is 1. The van der Waals surface area contributed by atoms with Gasteiger partial charge in [-0.25, -0.2) is 0 Å². The zero-order valence-corrected chi connectivity index (χ0v) is 16.3. The number of benzene rings is 2. The zero-order chi connectivity index (χ0) is 18.9. The molecule has 2 rings (SSSR count). The van der Waals surface area contributed by atoms with Crippen LogP contribution in [0.3, 0.4) is 0 Å². The Morgan fingerprint density at radius 1 is 1.04 bits per heavy atom. The molecule has 0 aliphatic heterocycles. The fraction of sp³-hybridized carbons (Fsp3) is 0.381. The summed E-state index contributed by atoms with van der Waals surface area (Å²) in [6.45, 7) is 5.62. The van der Waals surface area contributed by atoms with Gasteiger partial charge < -0.3 is 20.1 Å². The molecule has 5 heteroatoms. The van der Waals surface area contributed by atoms with Crippen LogP contribution in [0.2, 0.25) is 0 Å². The van der Waals surface area contributed by atoms with E-state index in [1.807, 2.05) is 24.3 Å². The molecule has 0 aliphatic carbocycles. The molecule has 1 atom stereocenters. The van der Waals surface area contributed by atoms with Crippen LogP contribution in [0.5, 0.6) is 11.5 Å². The van der Waals surface area contributed by atoms with Crippen LogP contribution in [0.15, 0.2) is 47.5 Å². The first kappa shape index (κ1) is 19.6. The highest BCUT2D eigenvalue weighted by Crippen LogP contribution is 2.25. The van der Waals surface area contributed by atoms with E-state index in [1.54, 1.807) is 21.3 Å². The summed E-state index contributed by atoms with van der Waals surface area (Å²) in [6.07, 6.45) is 0. The maximum Gasteiger partial charge on any atom is 0.191 e. The molecule has 0 aromatic heterocycles. The first-order valence-electron chi connectivity index (χ1n) is 8.80. The summed E-state index contributed by atoms with van der Waals surface area (Å²) in [5, 5.41) is 6.72. The van der Waals surface area contributed by atoms with Crippen molar-refractivity contribution in [3.63, 3.8) is 0 Å². The van der Waals surface area contributed by atoms with E-state index < -0.39 is 0 Å². The molecule has 0 bridgehead atoms. The van der Waals surface area contributed by atoms with Crippen LogP contribution >= 0.6 is 0 Å². The molecule has 26 heavy (non-hydrogen) atoms. The first-order chi connectivity index (χ1) is 12.6.